The molecule has 0 aliphatic carbocycles. The number of carbonyl (C=O) groups is 5. The monoisotopic (exact) mass is 691 g/mol. The van der Waals surface area contributed by atoms with Crippen molar-refractivity contribution >= 4 is 52.2 Å². The minimum atomic E-state index is -0.987. The van der Waals surface area contributed by atoms with E-state index in [0.717, 1.165) is 12.8 Å². The number of benzene rings is 3. The van der Waals surface area contributed by atoms with Gasteiger partial charge in [-0.15, -0.1) is 0 Å². The van der Waals surface area contributed by atoms with E-state index in [9.17, 15) is 29.1 Å². The lowest BCUT2D eigenvalue weighted by molar-refractivity contribution is -0.138. The van der Waals surface area contributed by atoms with Crippen molar-refractivity contribution < 1.29 is 38.9 Å². The second-order valence-corrected chi connectivity index (χ2v) is 11.8. The molecule has 3 aromatic carbocycles. The molecular formula is C37H42ClN3O8. The SMILES string of the molecule is CCCN(CCC)C(=O)C(CCC(=O)O)NC(=O)c1ccccc1.COc1ccc2c(c1)c(CC(=O)O)c(C)n2C(=O)c1ccc(Cl)cc1. The van der Waals surface area contributed by atoms with Crippen LogP contribution < -0.4 is 10.1 Å². The van der Waals surface area contributed by atoms with Gasteiger partial charge in [0.2, 0.25) is 5.91 Å². The predicted octanol–water partition coefficient (Wildman–Crippen LogP) is 6.23. The number of amides is 2. The number of carboxylic acid groups (broad SMARTS) is 2. The topological polar surface area (TPSA) is 155 Å². The molecule has 4 rings (SSSR count). The van der Waals surface area contributed by atoms with E-state index in [1.165, 1.54) is 4.57 Å². The number of aliphatic carboxylic acids is 2. The Morgan fingerprint density at radius 3 is 2.06 bits per heavy atom. The zero-order valence-corrected chi connectivity index (χ0v) is 28.8. The average molecular weight is 692 g/mol. The summed E-state index contributed by atoms with van der Waals surface area (Å²) in [6.07, 6.45) is 1.36. The van der Waals surface area contributed by atoms with Crippen molar-refractivity contribution in [3.8, 4) is 5.75 Å². The number of nitrogens with one attached hydrogen (secondary N) is 1. The third-order valence-electron chi connectivity index (χ3n) is 7.75. The van der Waals surface area contributed by atoms with Crippen molar-refractivity contribution in [1.29, 1.82) is 0 Å². The summed E-state index contributed by atoms with van der Waals surface area (Å²) in [7, 11) is 1.54. The van der Waals surface area contributed by atoms with Gasteiger partial charge in [0.05, 0.1) is 19.0 Å². The molecule has 11 nitrogen and oxygen atoms in total. The first-order chi connectivity index (χ1) is 23.4. The summed E-state index contributed by atoms with van der Waals surface area (Å²) in [6, 6.07) is 19.6. The number of nitrogens with zero attached hydrogens (tertiary/aromatic N) is 2. The molecule has 1 heterocycles. The van der Waals surface area contributed by atoms with Crippen LogP contribution in [0, 0.1) is 6.92 Å². The third kappa shape index (κ3) is 10.4. The maximum Gasteiger partial charge on any atom is 0.307 e. The molecule has 3 N–H and O–H groups in total. The third-order valence-corrected chi connectivity index (χ3v) is 8.00. The minimum Gasteiger partial charge on any atom is -0.497 e. The number of hydrogen-bond acceptors (Lipinski definition) is 6. The van der Waals surface area contributed by atoms with Gasteiger partial charge in [-0.1, -0.05) is 43.6 Å². The number of halogens is 1. The van der Waals surface area contributed by atoms with Gasteiger partial charge < -0.3 is 25.2 Å². The summed E-state index contributed by atoms with van der Waals surface area (Å²) < 4.78 is 6.77. The summed E-state index contributed by atoms with van der Waals surface area (Å²) in [5.74, 6) is -2.16. The molecule has 0 bridgehead atoms. The van der Waals surface area contributed by atoms with Gasteiger partial charge in [-0.25, -0.2) is 0 Å². The van der Waals surface area contributed by atoms with Gasteiger partial charge in [0, 0.05) is 46.7 Å². The van der Waals surface area contributed by atoms with Gasteiger partial charge in [0.25, 0.3) is 11.8 Å². The summed E-state index contributed by atoms with van der Waals surface area (Å²) in [5.41, 5.74) is 2.77. The van der Waals surface area contributed by atoms with Crippen molar-refractivity contribution in [2.75, 3.05) is 20.2 Å². The number of ether oxygens (including phenoxy) is 1. The first-order valence-electron chi connectivity index (χ1n) is 16.0. The van der Waals surface area contributed by atoms with Crippen molar-refractivity contribution in [2.24, 2.45) is 0 Å². The molecular weight excluding hydrogens is 650 g/mol. The molecule has 0 saturated carbocycles. The zero-order chi connectivity index (χ0) is 36.1. The quantitative estimate of drug-likeness (QED) is 0.141. The lowest BCUT2D eigenvalue weighted by Gasteiger charge is -2.27. The fraction of sp³-hybridized carbons (Fsp3) is 0.324. The number of carboxylic acids is 2. The Hall–Kier alpha value is -5.16. The molecule has 0 aliphatic rings. The second kappa shape index (κ2) is 18.4. The molecule has 260 valence electrons. The molecule has 0 aliphatic heterocycles. The largest absolute Gasteiger partial charge is 0.497 e. The van der Waals surface area contributed by atoms with Crippen molar-refractivity contribution in [2.45, 2.75) is 58.9 Å². The Bertz CT molecular complexity index is 1760. The van der Waals surface area contributed by atoms with E-state index >= 15 is 0 Å². The number of fused-ring (bicyclic) bond motifs is 1. The van der Waals surface area contributed by atoms with E-state index in [0.29, 0.717) is 57.1 Å². The highest BCUT2D eigenvalue weighted by molar-refractivity contribution is 6.30. The average Bonchev–Trinajstić information content (AvgIpc) is 3.35. The summed E-state index contributed by atoms with van der Waals surface area (Å²) in [6.45, 7) is 6.89. The highest BCUT2D eigenvalue weighted by atomic mass is 35.5. The maximum atomic E-state index is 13.0. The van der Waals surface area contributed by atoms with Gasteiger partial charge >= 0.3 is 11.9 Å². The lowest BCUT2D eigenvalue weighted by Crippen LogP contribution is -2.49. The normalized spacial score (nSPS) is 11.2. The number of aromatic nitrogens is 1. The van der Waals surface area contributed by atoms with Gasteiger partial charge in [-0.05, 0) is 86.3 Å². The maximum absolute atomic E-state index is 13.0. The van der Waals surface area contributed by atoms with Crippen LogP contribution in [0.4, 0.5) is 0 Å². The second-order valence-electron chi connectivity index (χ2n) is 11.3. The van der Waals surface area contributed by atoms with E-state index < -0.39 is 18.0 Å². The fourth-order valence-corrected chi connectivity index (χ4v) is 5.52. The minimum absolute atomic E-state index is 0.0800. The number of carbonyl (C=O) groups excluding carboxylic acids is 3. The Morgan fingerprint density at radius 2 is 1.51 bits per heavy atom. The van der Waals surface area contributed by atoms with Crippen molar-refractivity contribution in [3.05, 3.63) is 100 Å². The molecule has 1 atom stereocenters. The molecule has 0 saturated heterocycles. The smallest absolute Gasteiger partial charge is 0.307 e. The van der Waals surface area contributed by atoms with E-state index in [1.807, 2.05) is 13.8 Å². The fourth-order valence-electron chi connectivity index (χ4n) is 5.40. The van der Waals surface area contributed by atoms with Crippen LogP contribution in [-0.2, 0) is 20.8 Å². The molecule has 1 unspecified atom stereocenters. The van der Waals surface area contributed by atoms with E-state index in [2.05, 4.69) is 5.32 Å². The van der Waals surface area contributed by atoms with Crippen LogP contribution in [0.5, 0.6) is 5.75 Å². The van der Waals surface area contributed by atoms with Crippen LogP contribution in [0.3, 0.4) is 0 Å². The predicted molar refractivity (Wildman–Crippen MR) is 187 cm³/mol. The lowest BCUT2D eigenvalue weighted by atomic mass is 10.1. The number of hydrogen-bond donors (Lipinski definition) is 3. The van der Waals surface area contributed by atoms with Gasteiger partial charge in [0.15, 0.2) is 0 Å². The molecule has 0 radical (unpaired) electrons. The Labute approximate surface area is 290 Å². The molecule has 4 aromatic rings. The highest BCUT2D eigenvalue weighted by Crippen LogP contribution is 2.31. The van der Waals surface area contributed by atoms with E-state index in [4.69, 9.17) is 21.4 Å². The van der Waals surface area contributed by atoms with E-state index in [1.54, 1.807) is 91.7 Å². The van der Waals surface area contributed by atoms with Crippen LogP contribution in [0.1, 0.15) is 71.5 Å². The van der Waals surface area contributed by atoms with Crippen LogP contribution in [0.2, 0.25) is 5.02 Å². The molecule has 2 amide bonds. The van der Waals surface area contributed by atoms with Crippen molar-refractivity contribution in [1.82, 2.24) is 14.8 Å². The van der Waals surface area contributed by atoms with E-state index in [-0.39, 0.29) is 37.0 Å². The molecule has 1 aromatic heterocycles. The Morgan fingerprint density at radius 1 is 0.878 bits per heavy atom. The van der Waals surface area contributed by atoms with Crippen LogP contribution in [-0.4, -0.2) is 75.6 Å². The number of rotatable bonds is 14. The summed E-state index contributed by atoms with van der Waals surface area (Å²) in [5, 5.41) is 22.1. The summed E-state index contributed by atoms with van der Waals surface area (Å²) in [4.78, 5) is 61.8. The van der Waals surface area contributed by atoms with Crippen LogP contribution in [0.15, 0.2) is 72.8 Å². The molecule has 0 spiro atoms. The first kappa shape index (κ1) is 38.3. The number of methoxy groups -OCH3 is 1. The first-order valence-corrected chi connectivity index (χ1v) is 16.4. The molecule has 49 heavy (non-hydrogen) atoms. The molecule has 12 heteroatoms. The van der Waals surface area contributed by atoms with Gasteiger partial charge in [-0.3, -0.25) is 28.5 Å². The zero-order valence-electron chi connectivity index (χ0n) is 28.1. The van der Waals surface area contributed by atoms with Crippen molar-refractivity contribution in [3.63, 3.8) is 0 Å². The standard InChI is InChI=1S/C19H16ClNO4.C18H26N2O4/c1-11-15(10-18(22)23)16-9-14(25-2)7-8-17(16)21(11)19(24)12-3-5-13(20)6-4-12;1-3-12-20(13-4-2)18(24)15(10-11-16(21)22)19-17(23)14-8-6-5-7-9-14/h3-9H,10H2,1-2H3,(H,22,23);5-9,15H,3-4,10-13H2,1-2H3,(H,19,23)(H,21,22). The highest BCUT2D eigenvalue weighted by Gasteiger charge is 2.26. The molecule has 0 fully saturated rings. The van der Waals surface area contributed by atoms with Crippen LogP contribution >= 0.6 is 11.6 Å². The van der Waals surface area contributed by atoms with Gasteiger partial charge in [-0.2, -0.15) is 0 Å². The Balaban J connectivity index is 0.000000266. The Kier molecular flexibility index (Phi) is 14.4. The van der Waals surface area contributed by atoms with Crippen LogP contribution in [0.25, 0.3) is 10.9 Å². The summed E-state index contributed by atoms with van der Waals surface area (Å²) >= 11 is 5.89. The van der Waals surface area contributed by atoms with Gasteiger partial charge in [0.1, 0.15) is 11.8 Å².